The fourth-order valence-corrected chi connectivity index (χ4v) is 2.45. The minimum absolute atomic E-state index is 0.0866. The molecule has 0 bridgehead atoms. The zero-order valence-corrected chi connectivity index (χ0v) is 11.6. The number of aromatic amines is 1. The summed E-state index contributed by atoms with van der Waals surface area (Å²) in [6.07, 6.45) is 0. The second kappa shape index (κ2) is 5.34. The fraction of sp³-hybridized carbons (Fsp3) is 0.0714. The van der Waals surface area contributed by atoms with Crippen LogP contribution in [0.15, 0.2) is 47.3 Å². The van der Waals surface area contributed by atoms with Crippen molar-refractivity contribution in [3.63, 3.8) is 0 Å². The Hall–Kier alpha value is -2.12. The average Bonchev–Trinajstić information content (AvgIpc) is 2.77. The molecule has 0 saturated carbocycles. The van der Waals surface area contributed by atoms with Crippen LogP contribution >= 0.6 is 11.6 Å². The number of aromatic nitrogens is 2. The van der Waals surface area contributed by atoms with Crippen LogP contribution in [0.2, 0.25) is 5.02 Å². The predicted molar refractivity (Wildman–Crippen MR) is 78.9 cm³/mol. The molecule has 1 heterocycles. The van der Waals surface area contributed by atoms with Crippen LogP contribution in [0.4, 0.5) is 5.69 Å². The van der Waals surface area contributed by atoms with Gasteiger partial charge in [0.15, 0.2) is 5.69 Å². The molecule has 0 aliphatic rings. The summed E-state index contributed by atoms with van der Waals surface area (Å²) in [5.74, 6) is 0. The third-order valence-corrected chi connectivity index (χ3v) is 3.67. The van der Waals surface area contributed by atoms with Gasteiger partial charge in [0, 0.05) is 17.2 Å². The van der Waals surface area contributed by atoms with Crippen molar-refractivity contribution >= 4 is 28.2 Å². The summed E-state index contributed by atoms with van der Waals surface area (Å²) in [4.78, 5) is 11.9. The molecule has 1 aromatic heterocycles. The summed E-state index contributed by atoms with van der Waals surface area (Å²) >= 11 is 6.12. The van der Waals surface area contributed by atoms with Crippen LogP contribution in [0.5, 0.6) is 0 Å². The molecule has 0 radical (unpaired) electrons. The van der Waals surface area contributed by atoms with Gasteiger partial charge in [-0.2, -0.15) is 5.23 Å². The molecule has 0 spiro atoms. The lowest BCUT2D eigenvalue weighted by molar-refractivity contribution is -0.991. The van der Waals surface area contributed by atoms with E-state index in [0.29, 0.717) is 22.5 Å². The molecule has 3 N–H and O–H groups in total. The highest BCUT2D eigenvalue weighted by atomic mass is 35.5. The maximum absolute atomic E-state index is 11.9. The Balaban J connectivity index is 2.08. The van der Waals surface area contributed by atoms with Gasteiger partial charge < -0.3 is 5.21 Å². The first-order valence-corrected chi connectivity index (χ1v) is 6.63. The number of hydrogen-bond acceptors (Lipinski definition) is 3. The molecular weight excluding hydrogens is 294 g/mol. The van der Waals surface area contributed by atoms with Crippen molar-refractivity contribution in [2.45, 2.75) is 6.54 Å². The first kappa shape index (κ1) is 13.8. The Morgan fingerprint density at radius 2 is 2.05 bits per heavy atom. The molecule has 6 nitrogen and oxygen atoms in total. The molecule has 7 heteroatoms. The zero-order valence-electron chi connectivity index (χ0n) is 10.8. The van der Waals surface area contributed by atoms with Gasteiger partial charge in [-0.05, 0) is 17.7 Å². The molecule has 0 fully saturated rings. The second-order valence-corrected chi connectivity index (χ2v) is 5.06. The topological polar surface area (TPSA) is 85.5 Å². The van der Waals surface area contributed by atoms with Gasteiger partial charge in [0.05, 0.1) is 17.4 Å². The molecule has 0 aliphatic carbocycles. The minimum atomic E-state index is -1.06. The smallest absolute Gasteiger partial charge is 0.272 e. The van der Waals surface area contributed by atoms with Crippen molar-refractivity contribution in [3.8, 4) is 0 Å². The van der Waals surface area contributed by atoms with Gasteiger partial charge in [-0.25, -0.2) is 5.21 Å². The van der Waals surface area contributed by atoms with Crippen molar-refractivity contribution < 1.29 is 10.4 Å². The maximum atomic E-state index is 11.9. The normalized spacial score (nSPS) is 12.7. The van der Waals surface area contributed by atoms with Crippen LogP contribution in [-0.4, -0.2) is 15.0 Å². The highest BCUT2D eigenvalue weighted by Crippen LogP contribution is 2.19. The van der Waals surface area contributed by atoms with E-state index in [1.54, 1.807) is 16.8 Å². The highest BCUT2D eigenvalue weighted by Gasteiger charge is 2.11. The molecule has 108 valence electrons. The lowest BCUT2D eigenvalue weighted by atomic mass is 10.2. The molecule has 3 rings (SSSR count). The summed E-state index contributed by atoms with van der Waals surface area (Å²) in [6, 6.07) is 11.8. The van der Waals surface area contributed by atoms with Gasteiger partial charge in [0.1, 0.15) is 0 Å². The Kier molecular flexibility index (Phi) is 3.52. The Morgan fingerprint density at radius 3 is 2.76 bits per heavy atom. The minimum Gasteiger partial charge on any atom is -0.595 e. The maximum Gasteiger partial charge on any atom is 0.272 e. The molecule has 0 aliphatic heterocycles. The summed E-state index contributed by atoms with van der Waals surface area (Å²) in [7, 11) is 0. The number of benzene rings is 2. The van der Waals surface area contributed by atoms with E-state index < -0.39 is 5.23 Å². The van der Waals surface area contributed by atoms with E-state index in [1.165, 1.54) is 12.1 Å². The first-order chi connectivity index (χ1) is 10.1. The number of rotatable bonds is 3. The number of nitrogens with zero attached hydrogens (tertiary/aromatic N) is 1. The molecule has 1 atom stereocenters. The van der Waals surface area contributed by atoms with Crippen LogP contribution in [0.25, 0.3) is 10.9 Å². The summed E-state index contributed by atoms with van der Waals surface area (Å²) < 4.78 is 1.66. The Labute approximate surface area is 124 Å². The van der Waals surface area contributed by atoms with E-state index in [-0.39, 0.29) is 11.2 Å². The van der Waals surface area contributed by atoms with Gasteiger partial charge in [-0.1, -0.05) is 29.8 Å². The predicted octanol–water partition coefficient (Wildman–Crippen LogP) is 1.43. The van der Waals surface area contributed by atoms with E-state index in [1.807, 2.05) is 18.2 Å². The van der Waals surface area contributed by atoms with Crippen LogP contribution in [0.3, 0.4) is 0 Å². The van der Waals surface area contributed by atoms with Crippen molar-refractivity contribution in [1.82, 2.24) is 9.78 Å². The molecule has 21 heavy (non-hydrogen) atoms. The fourth-order valence-electron chi connectivity index (χ4n) is 2.25. The van der Waals surface area contributed by atoms with E-state index in [0.717, 1.165) is 5.56 Å². The van der Waals surface area contributed by atoms with Gasteiger partial charge >= 0.3 is 0 Å². The van der Waals surface area contributed by atoms with E-state index >= 15 is 0 Å². The van der Waals surface area contributed by atoms with Crippen LogP contribution in [0.1, 0.15) is 5.56 Å². The Morgan fingerprint density at radius 1 is 1.29 bits per heavy atom. The summed E-state index contributed by atoms with van der Waals surface area (Å²) in [5, 5.41) is 22.5. The average molecular weight is 306 g/mol. The van der Waals surface area contributed by atoms with Gasteiger partial charge in [-0.3, -0.25) is 14.6 Å². The lowest BCUT2D eigenvalue weighted by Crippen LogP contribution is -2.99. The van der Waals surface area contributed by atoms with Crippen LogP contribution < -0.4 is 10.8 Å². The number of fused-ring (bicyclic) bond motifs is 1. The molecule has 0 saturated heterocycles. The molecule has 2 aromatic carbocycles. The molecular formula is C14H12ClN3O3. The van der Waals surface area contributed by atoms with Crippen LogP contribution in [0, 0.1) is 5.21 Å². The van der Waals surface area contributed by atoms with Gasteiger partial charge in [0.25, 0.3) is 5.56 Å². The van der Waals surface area contributed by atoms with E-state index in [9.17, 15) is 10.0 Å². The number of hydrogen-bond donors (Lipinski definition) is 3. The third kappa shape index (κ3) is 2.57. The SMILES string of the molecule is O=c1[nH]n(Cc2ccccc2Cl)c2ccc([NH+]([O-])O)cc12. The quantitative estimate of drug-likeness (QED) is 0.640. The van der Waals surface area contributed by atoms with Gasteiger partial charge in [-0.15, -0.1) is 0 Å². The number of nitrogens with one attached hydrogen (secondary N) is 2. The van der Waals surface area contributed by atoms with Gasteiger partial charge in [0.2, 0.25) is 0 Å². The lowest BCUT2D eigenvalue weighted by Gasteiger charge is -2.11. The van der Waals surface area contributed by atoms with Crippen molar-refractivity contribution in [3.05, 3.63) is 68.6 Å². The first-order valence-electron chi connectivity index (χ1n) is 6.25. The molecule has 1 unspecified atom stereocenters. The van der Waals surface area contributed by atoms with Crippen molar-refractivity contribution in [2.75, 3.05) is 0 Å². The summed E-state index contributed by atoms with van der Waals surface area (Å²) in [6.45, 7) is 0.408. The standard InChI is InChI=1S/C14H12ClN3O3/c15-12-4-2-1-3-9(12)8-17-13-6-5-10(18(20)21)7-11(13)14(19)16-17/h1-7,18,20H,8H2,(H,16,19). The monoisotopic (exact) mass is 305 g/mol. The second-order valence-electron chi connectivity index (χ2n) is 4.66. The van der Waals surface area contributed by atoms with Crippen molar-refractivity contribution in [1.29, 1.82) is 0 Å². The third-order valence-electron chi connectivity index (χ3n) is 3.30. The zero-order chi connectivity index (χ0) is 15.0. The van der Waals surface area contributed by atoms with Crippen molar-refractivity contribution in [2.24, 2.45) is 0 Å². The number of H-pyrrole nitrogens is 1. The highest BCUT2D eigenvalue weighted by molar-refractivity contribution is 6.31. The van der Waals surface area contributed by atoms with E-state index in [2.05, 4.69) is 5.10 Å². The van der Waals surface area contributed by atoms with E-state index in [4.69, 9.17) is 16.8 Å². The summed E-state index contributed by atoms with van der Waals surface area (Å²) in [5.41, 5.74) is 1.28. The number of halogens is 1. The Bertz CT molecular complexity index is 854. The van der Waals surface area contributed by atoms with Crippen LogP contribution in [-0.2, 0) is 6.54 Å². The molecule has 3 aromatic rings. The molecule has 0 amide bonds. The largest absolute Gasteiger partial charge is 0.595 e. The number of quaternary nitrogens is 1.